The number of phenols is 2. The van der Waals surface area contributed by atoms with Crippen LogP contribution in [0.15, 0.2) is 56.4 Å². The number of hydrogen-bond donors (Lipinski definition) is 18. The molecular formula is C40H56Cu2N4O22+4. The molecule has 68 heavy (non-hydrogen) atoms. The SMILES string of the molecule is OCC1OC(O)C(N=Cc2cccc(C=NC3C(O)OC(CO)C(O)C3O)c2O)C(O)C1O.OCC1OC(O)C(N=Cc2cccc(C=NC3C(O)OC(CO)C(O)C3O)c2O)C(O)C1O.[Cu+2].[Cu+2]. The van der Waals surface area contributed by atoms with Gasteiger partial charge in [-0.25, -0.2) is 0 Å². The van der Waals surface area contributed by atoms with Crippen LogP contribution in [0.5, 0.6) is 11.5 Å². The minimum atomic E-state index is -1.60. The molecular weight excluding hydrogens is 1020 g/mol. The van der Waals surface area contributed by atoms with E-state index in [1.54, 1.807) is 0 Å². The van der Waals surface area contributed by atoms with E-state index >= 15 is 0 Å². The fourth-order valence-corrected chi connectivity index (χ4v) is 7.22. The zero-order chi connectivity index (χ0) is 48.6. The molecule has 4 aliphatic rings. The molecule has 4 heterocycles. The molecule has 2 aromatic rings. The van der Waals surface area contributed by atoms with Crippen molar-refractivity contribution in [1.82, 2.24) is 0 Å². The quantitative estimate of drug-likeness (QED) is 0.0693. The van der Waals surface area contributed by atoms with Crippen molar-refractivity contribution in [2.75, 3.05) is 26.4 Å². The molecule has 18 N–H and O–H groups in total. The maximum atomic E-state index is 10.5. The molecule has 386 valence electrons. The van der Waals surface area contributed by atoms with Gasteiger partial charge in [0.05, 0.1) is 26.4 Å². The van der Waals surface area contributed by atoms with Gasteiger partial charge in [-0.1, -0.05) is 12.1 Å². The van der Waals surface area contributed by atoms with Gasteiger partial charge in [-0.3, -0.25) is 20.0 Å². The normalized spacial score (nSPS) is 38.8. The summed E-state index contributed by atoms with van der Waals surface area (Å²) in [5.74, 6) is -0.622. The molecule has 20 atom stereocenters. The summed E-state index contributed by atoms with van der Waals surface area (Å²) in [6.45, 7) is -2.44. The van der Waals surface area contributed by atoms with Crippen molar-refractivity contribution >= 4 is 24.9 Å². The summed E-state index contributed by atoms with van der Waals surface area (Å²) in [5, 5.41) is 178. The summed E-state index contributed by atoms with van der Waals surface area (Å²) in [5.41, 5.74) is 0.606. The van der Waals surface area contributed by atoms with Crippen molar-refractivity contribution < 1.29 is 145 Å². The first-order valence-electron chi connectivity index (χ1n) is 20.4. The number of nitrogens with zero attached hydrogens (tertiary/aromatic N) is 4. The van der Waals surface area contributed by atoms with Gasteiger partial charge in [-0.05, 0) is 24.3 Å². The zero-order valence-electron chi connectivity index (χ0n) is 35.2. The number of aliphatic imine (C=N–C) groups is 4. The predicted octanol–water partition coefficient (Wildman–Crippen LogP) is -8.35. The third-order valence-corrected chi connectivity index (χ3v) is 11.2. The molecule has 4 fully saturated rings. The molecule has 26 nitrogen and oxygen atoms in total. The fourth-order valence-electron chi connectivity index (χ4n) is 7.22. The van der Waals surface area contributed by atoms with Crippen molar-refractivity contribution in [2.45, 2.75) is 123 Å². The Kier molecular flexibility index (Phi) is 23.5. The fraction of sp³-hybridized carbons (Fsp3) is 0.600. The van der Waals surface area contributed by atoms with Crippen LogP contribution < -0.4 is 0 Å². The number of phenolic OH excluding ortho intramolecular Hbond substituents is 2. The first kappa shape index (κ1) is 59.3. The maximum absolute atomic E-state index is 10.5. The van der Waals surface area contributed by atoms with E-state index in [0.29, 0.717) is 0 Å². The molecule has 0 amide bonds. The second kappa shape index (κ2) is 27.0. The average Bonchev–Trinajstić information content (AvgIpc) is 3.30. The van der Waals surface area contributed by atoms with Crippen LogP contribution in [-0.2, 0) is 53.1 Å². The third-order valence-electron chi connectivity index (χ3n) is 11.2. The Morgan fingerprint density at radius 2 is 0.544 bits per heavy atom. The van der Waals surface area contributed by atoms with Crippen LogP contribution in [0, 0.1) is 0 Å². The van der Waals surface area contributed by atoms with Gasteiger partial charge in [0.1, 0.15) is 109 Å². The molecule has 4 aliphatic heterocycles. The predicted molar refractivity (Wildman–Crippen MR) is 222 cm³/mol. The number of benzene rings is 2. The van der Waals surface area contributed by atoms with Crippen molar-refractivity contribution in [3.8, 4) is 11.5 Å². The van der Waals surface area contributed by atoms with Crippen LogP contribution >= 0.6 is 0 Å². The summed E-state index contributed by atoms with van der Waals surface area (Å²) in [4.78, 5) is 15.9. The molecule has 6 rings (SSSR count). The van der Waals surface area contributed by atoms with Gasteiger partial charge in [0.15, 0.2) is 25.2 Å². The van der Waals surface area contributed by atoms with E-state index in [-0.39, 0.29) is 67.9 Å². The number of ether oxygens (including phenoxy) is 4. The number of aromatic hydroxyl groups is 2. The van der Waals surface area contributed by atoms with Gasteiger partial charge in [0, 0.05) is 47.1 Å². The van der Waals surface area contributed by atoms with E-state index < -0.39 is 149 Å². The van der Waals surface area contributed by atoms with Crippen LogP contribution in [-0.4, -0.2) is 266 Å². The van der Waals surface area contributed by atoms with E-state index in [9.17, 15) is 71.5 Å². The molecule has 0 aliphatic carbocycles. The van der Waals surface area contributed by atoms with Crippen LogP contribution in [0.1, 0.15) is 22.3 Å². The van der Waals surface area contributed by atoms with E-state index in [0.717, 1.165) is 24.9 Å². The minimum absolute atomic E-state index is 0. The van der Waals surface area contributed by atoms with Crippen molar-refractivity contribution in [3.05, 3.63) is 58.7 Å². The third kappa shape index (κ3) is 13.7. The number of aliphatic hydroxyl groups is 16. The summed E-state index contributed by atoms with van der Waals surface area (Å²) >= 11 is 0. The Morgan fingerprint density at radius 3 is 0.721 bits per heavy atom. The average molecular weight is 1070 g/mol. The van der Waals surface area contributed by atoms with Crippen LogP contribution in [0.2, 0.25) is 0 Å². The Morgan fingerprint density at radius 1 is 0.353 bits per heavy atom. The van der Waals surface area contributed by atoms with Gasteiger partial charge >= 0.3 is 34.1 Å². The van der Waals surface area contributed by atoms with E-state index in [2.05, 4.69) is 20.0 Å². The van der Waals surface area contributed by atoms with Crippen molar-refractivity contribution in [1.29, 1.82) is 0 Å². The maximum Gasteiger partial charge on any atom is 2.00 e. The number of para-hydroxylation sites is 2. The summed E-state index contributed by atoms with van der Waals surface area (Å²) < 4.78 is 20.1. The zero-order valence-corrected chi connectivity index (χ0v) is 37.1. The molecule has 28 heteroatoms. The van der Waals surface area contributed by atoms with Crippen LogP contribution in [0.4, 0.5) is 0 Å². The molecule has 0 spiro atoms. The monoisotopic (exact) mass is 1070 g/mol. The molecule has 2 aromatic carbocycles. The van der Waals surface area contributed by atoms with E-state index in [1.165, 1.54) is 36.4 Å². The van der Waals surface area contributed by atoms with Gasteiger partial charge < -0.3 is 111 Å². The van der Waals surface area contributed by atoms with Gasteiger partial charge in [0.25, 0.3) is 0 Å². The first-order chi connectivity index (χ1) is 31.4. The summed E-state index contributed by atoms with van der Waals surface area (Å²) in [6.07, 6.45) is -18.6. The molecule has 0 saturated carbocycles. The molecule has 20 unspecified atom stereocenters. The van der Waals surface area contributed by atoms with Crippen molar-refractivity contribution in [3.63, 3.8) is 0 Å². The van der Waals surface area contributed by atoms with E-state index in [1.807, 2.05) is 0 Å². The summed E-state index contributed by atoms with van der Waals surface area (Å²) in [6, 6.07) is 3.78. The second-order valence-electron chi connectivity index (χ2n) is 15.6. The van der Waals surface area contributed by atoms with Crippen LogP contribution in [0.25, 0.3) is 0 Å². The van der Waals surface area contributed by atoms with Crippen LogP contribution in [0.3, 0.4) is 0 Å². The topological polar surface area (TPSA) is 451 Å². The first-order valence-corrected chi connectivity index (χ1v) is 20.4. The molecule has 0 aromatic heterocycles. The van der Waals surface area contributed by atoms with Crippen molar-refractivity contribution in [2.24, 2.45) is 20.0 Å². The smallest absolute Gasteiger partial charge is 0.507 e. The number of hydrogen-bond acceptors (Lipinski definition) is 26. The summed E-state index contributed by atoms with van der Waals surface area (Å²) in [7, 11) is 0. The number of rotatable bonds is 12. The van der Waals surface area contributed by atoms with Gasteiger partial charge in [-0.2, -0.15) is 0 Å². The minimum Gasteiger partial charge on any atom is -0.507 e. The molecule has 4 saturated heterocycles. The number of aliphatic hydroxyl groups excluding tert-OH is 16. The Labute approximate surface area is 407 Å². The van der Waals surface area contributed by atoms with E-state index in [4.69, 9.17) is 39.4 Å². The largest absolute Gasteiger partial charge is 2.00 e. The molecule has 2 radical (unpaired) electrons. The molecule has 0 bridgehead atoms. The Bertz CT molecular complexity index is 1730. The second-order valence-corrected chi connectivity index (χ2v) is 15.6. The Hall–Kier alpha value is -3.04. The Balaban J connectivity index is 0.000000350. The van der Waals surface area contributed by atoms with Gasteiger partial charge in [0.2, 0.25) is 0 Å². The standard InChI is InChI=1S/2C20H28N2O11.2Cu/c2*23-6-10-15(26)17(28)12(19(30)32-10)21-4-8-2-1-3-9(14(8)25)5-22-13-18(29)16(27)11(7-24)33-20(13)31;;/h2*1-5,10-13,15-20,23-31H,6-7H2;;/q;;2*+2. The van der Waals surface area contributed by atoms with Gasteiger partial charge in [-0.15, -0.1) is 0 Å².